The number of nitrogens with zero attached hydrogens (tertiary/aromatic N) is 3. The van der Waals surface area contributed by atoms with E-state index in [9.17, 15) is 0 Å². The largest absolute Gasteiger partial charge is 0.467 e. The number of hydrogen-bond acceptors (Lipinski definition) is 8. The molecule has 0 radical (unpaired) electrons. The first-order valence-corrected chi connectivity index (χ1v) is 7.46. The number of hydrogen-bond donors (Lipinski definition) is 3. The van der Waals surface area contributed by atoms with Crippen LogP contribution in [0.4, 0.5) is 11.9 Å². The predicted molar refractivity (Wildman–Crippen MR) is 77.4 cm³/mol. The minimum absolute atomic E-state index is 0.253. The zero-order valence-corrected chi connectivity index (χ0v) is 12.0. The van der Waals surface area contributed by atoms with E-state index >= 15 is 0 Å². The fraction of sp³-hybridized carbons (Fsp3) is 0.727. The molecule has 0 bridgehead atoms. The van der Waals surface area contributed by atoms with Gasteiger partial charge in [0.2, 0.25) is 11.9 Å². The molecule has 8 heteroatoms. The van der Waals surface area contributed by atoms with Crippen LogP contribution >= 0.6 is 11.8 Å². The SMILES string of the molecule is CCSC1CCCC1Nc1nc(NN)nc(OC)n1. The molecule has 1 saturated carbocycles. The summed E-state index contributed by atoms with van der Waals surface area (Å²) in [4.78, 5) is 12.4. The Kier molecular flexibility index (Phi) is 5.03. The molecule has 106 valence electrons. The summed E-state index contributed by atoms with van der Waals surface area (Å²) in [6.45, 7) is 2.18. The Morgan fingerprint density at radius 2 is 2.11 bits per heavy atom. The van der Waals surface area contributed by atoms with E-state index in [1.54, 1.807) is 0 Å². The summed E-state index contributed by atoms with van der Waals surface area (Å²) in [5.74, 6) is 7.27. The van der Waals surface area contributed by atoms with Crippen molar-refractivity contribution in [1.29, 1.82) is 0 Å². The third kappa shape index (κ3) is 3.60. The molecule has 1 heterocycles. The molecule has 1 aromatic rings. The lowest BCUT2D eigenvalue weighted by Gasteiger charge is -2.20. The van der Waals surface area contributed by atoms with Gasteiger partial charge >= 0.3 is 6.01 Å². The lowest BCUT2D eigenvalue weighted by Crippen LogP contribution is -2.27. The van der Waals surface area contributed by atoms with Crippen LogP contribution in [-0.2, 0) is 0 Å². The second-order valence-corrected chi connectivity index (χ2v) is 5.81. The molecule has 1 fully saturated rings. The number of rotatable bonds is 6. The van der Waals surface area contributed by atoms with Gasteiger partial charge in [-0.3, -0.25) is 5.43 Å². The Morgan fingerprint density at radius 3 is 2.79 bits per heavy atom. The fourth-order valence-electron chi connectivity index (χ4n) is 2.25. The third-order valence-corrected chi connectivity index (χ3v) is 4.40. The second-order valence-electron chi connectivity index (χ2n) is 4.29. The van der Waals surface area contributed by atoms with E-state index < -0.39 is 0 Å². The van der Waals surface area contributed by atoms with Gasteiger partial charge in [0.05, 0.1) is 7.11 Å². The predicted octanol–water partition coefficient (Wildman–Crippen LogP) is 1.25. The van der Waals surface area contributed by atoms with Crippen molar-refractivity contribution in [2.24, 2.45) is 5.84 Å². The molecule has 2 unspecified atom stereocenters. The highest BCUT2D eigenvalue weighted by Crippen LogP contribution is 2.31. The van der Waals surface area contributed by atoms with Crippen molar-refractivity contribution < 1.29 is 4.74 Å². The third-order valence-electron chi connectivity index (χ3n) is 3.07. The zero-order chi connectivity index (χ0) is 13.7. The monoisotopic (exact) mass is 284 g/mol. The number of ether oxygens (including phenoxy) is 1. The number of nitrogens with one attached hydrogen (secondary N) is 2. The van der Waals surface area contributed by atoms with Gasteiger partial charge in [-0.25, -0.2) is 5.84 Å². The van der Waals surface area contributed by atoms with Crippen molar-refractivity contribution >= 4 is 23.7 Å². The van der Waals surface area contributed by atoms with Gasteiger partial charge in [0, 0.05) is 11.3 Å². The zero-order valence-electron chi connectivity index (χ0n) is 11.2. The van der Waals surface area contributed by atoms with Crippen LogP contribution in [0.5, 0.6) is 6.01 Å². The number of hydrazine groups is 1. The van der Waals surface area contributed by atoms with Gasteiger partial charge in [-0.1, -0.05) is 13.3 Å². The highest BCUT2D eigenvalue weighted by Gasteiger charge is 2.27. The summed E-state index contributed by atoms with van der Waals surface area (Å²) in [6.07, 6.45) is 3.61. The Labute approximate surface area is 117 Å². The Hall–Kier alpha value is -1.28. The first-order valence-electron chi connectivity index (χ1n) is 6.41. The summed E-state index contributed by atoms with van der Waals surface area (Å²) in [5.41, 5.74) is 2.42. The van der Waals surface area contributed by atoms with Gasteiger partial charge in [0.15, 0.2) is 0 Å². The van der Waals surface area contributed by atoms with Crippen molar-refractivity contribution in [2.45, 2.75) is 37.5 Å². The first-order chi connectivity index (χ1) is 9.26. The van der Waals surface area contributed by atoms with Gasteiger partial charge in [0.25, 0.3) is 0 Å². The van der Waals surface area contributed by atoms with E-state index in [-0.39, 0.29) is 6.01 Å². The van der Waals surface area contributed by atoms with Crippen molar-refractivity contribution in [2.75, 3.05) is 23.6 Å². The fourth-order valence-corrected chi connectivity index (χ4v) is 3.45. The highest BCUT2D eigenvalue weighted by atomic mass is 32.2. The lowest BCUT2D eigenvalue weighted by atomic mass is 10.2. The van der Waals surface area contributed by atoms with Crippen LogP contribution < -0.4 is 21.3 Å². The smallest absolute Gasteiger partial charge is 0.322 e. The minimum Gasteiger partial charge on any atom is -0.467 e. The summed E-state index contributed by atoms with van der Waals surface area (Å²) < 4.78 is 5.03. The summed E-state index contributed by atoms with van der Waals surface area (Å²) >= 11 is 1.98. The maximum atomic E-state index is 5.34. The van der Waals surface area contributed by atoms with E-state index in [2.05, 4.69) is 32.6 Å². The number of methoxy groups -OCH3 is 1. The number of aromatic nitrogens is 3. The Morgan fingerprint density at radius 1 is 1.32 bits per heavy atom. The maximum absolute atomic E-state index is 5.34. The standard InChI is InChI=1S/C11H20N6OS/c1-3-19-8-6-4-5-7(8)13-9-14-10(17-12)16-11(15-9)18-2/h7-8H,3-6,12H2,1-2H3,(H2,13,14,15,16,17). The van der Waals surface area contributed by atoms with E-state index in [0.717, 1.165) is 12.2 Å². The normalized spacial score (nSPS) is 22.3. The molecule has 4 N–H and O–H groups in total. The molecular formula is C11H20N6OS. The molecule has 0 amide bonds. The van der Waals surface area contributed by atoms with Crippen LogP contribution in [-0.4, -0.2) is 39.1 Å². The van der Waals surface area contributed by atoms with Crippen LogP contribution in [0.2, 0.25) is 0 Å². The molecule has 0 saturated heterocycles. The average molecular weight is 284 g/mol. The molecule has 0 aromatic carbocycles. The molecule has 0 spiro atoms. The topological polar surface area (TPSA) is 98.0 Å². The first kappa shape index (κ1) is 14.1. The number of nitrogens with two attached hydrogens (primary N) is 1. The van der Waals surface area contributed by atoms with Crippen molar-refractivity contribution in [3.8, 4) is 6.01 Å². The van der Waals surface area contributed by atoms with Gasteiger partial charge < -0.3 is 10.1 Å². The minimum atomic E-state index is 0.253. The summed E-state index contributed by atoms with van der Waals surface area (Å²) in [6, 6.07) is 0.644. The maximum Gasteiger partial charge on any atom is 0.322 e. The van der Waals surface area contributed by atoms with Crippen LogP contribution in [0.25, 0.3) is 0 Å². The van der Waals surface area contributed by atoms with E-state index in [4.69, 9.17) is 10.6 Å². The van der Waals surface area contributed by atoms with E-state index in [0.29, 0.717) is 23.2 Å². The lowest BCUT2D eigenvalue weighted by molar-refractivity contribution is 0.379. The summed E-state index contributed by atoms with van der Waals surface area (Å²) in [5, 5.41) is 3.98. The molecule has 2 rings (SSSR count). The molecule has 19 heavy (non-hydrogen) atoms. The van der Waals surface area contributed by atoms with Crippen LogP contribution in [0.3, 0.4) is 0 Å². The van der Waals surface area contributed by atoms with Crippen molar-refractivity contribution in [1.82, 2.24) is 15.0 Å². The molecule has 1 aliphatic rings. The van der Waals surface area contributed by atoms with E-state index in [1.807, 2.05) is 11.8 Å². The molecule has 1 aliphatic carbocycles. The van der Waals surface area contributed by atoms with Gasteiger partial charge in [-0.2, -0.15) is 26.7 Å². The van der Waals surface area contributed by atoms with Gasteiger partial charge in [-0.05, 0) is 18.6 Å². The van der Waals surface area contributed by atoms with Crippen LogP contribution in [0.1, 0.15) is 26.2 Å². The van der Waals surface area contributed by atoms with Gasteiger partial charge in [-0.15, -0.1) is 0 Å². The van der Waals surface area contributed by atoms with Crippen LogP contribution in [0, 0.1) is 0 Å². The molecule has 1 aromatic heterocycles. The Balaban J connectivity index is 2.09. The molecule has 7 nitrogen and oxygen atoms in total. The number of anilines is 2. The quantitative estimate of drug-likeness (QED) is 0.530. The summed E-state index contributed by atoms with van der Waals surface area (Å²) in [7, 11) is 1.52. The van der Waals surface area contributed by atoms with Crippen LogP contribution in [0.15, 0.2) is 0 Å². The second kappa shape index (κ2) is 6.76. The Bertz CT molecular complexity index is 396. The molecule has 0 aliphatic heterocycles. The van der Waals surface area contributed by atoms with Crippen molar-refractivity contribution in [3.05, 3.63) is 0 Å². The molecule has 2 atom stereocenters. The van der Waals surface area contributed by atoms with Crippen molar-refractivity contribution in [3.63, 3.8) is 0 Å². The number of thioether (sulfide) groups is 1. The number of nitrogen functional groups attached to an aromatic ring is 1. The molecular weight excluding hydrogens is 264 g/mol. The van der Waals surface area contributed by atoms with Gasteiger partial charge in [0.1, 0.15) is 0 Å². The average Bonchev–Trinajstić information content (AvgIpc) is 2.86. The van der Waals surface area contributed by atoms with E-state index in [1.165, 1.54) is 20.0 Å². The highest BCUT2D eigenvalue weighted by molar-refractivity contribution is 7.99.